The third-order valence-electron chi connectivity index (χ3n) is 1.89. The topological polar surface area (TPSA) is 64.7 Å². The number of hydrogen-bond acceptors (Lipinski definition) is 6. The van der Waals surface area contributed by atoms with Crippen molar-refractivity contribution in [3.05, 3.63) is 23.8 Å². The van der Waals surface area contributed by atoms with Gasteiger partial charge in [-0.25, -0.2) is 9.97 Å². The van der Waals surface area contributed by atoms with Crippen LogP contribution in [-0.2, 0) is 6.18 Å². The highest BCUT2D eigenvalue weighted by Crippen LogP contribution is 2.36. The van der Waals surface area contributed by atoms with Crippen LogP contribution in [0.5, 0.6) is 0 Å². The van der Waals surface area contributed by atoms with Crippen LogP contribution in [0.1, 0.15) is 11.5 Å². The minimum atomic E-state index is -4.49. The molecule has 0 aliphatic carbocycles. The van der Waals surface area contributed by atoms with Gasteiger partial charge in [0.1, 0.15) is 11.5 Å². The Morgan fingerprint density at radius 3 is 2.67 bits per heavy atom. The summed E-state index contributed by atoms with van der Waals surface area (Å²) in [5.74, 6) is 0.575. The fraction of sp³-hybridized carbons (Fsp3) is 0.222. The lowest BCUT2D eigenvalue weighted by Crippen LogP contribution is -2.08. The number of nitrogen functional groups attached to an aromatic ring is 1. The van der Waals surface area contributed by atoms with E-state index in [9.17, 15) is 13.2 Å². The van der Waals surface area contributed by atoms with Crippen LogP contribution in [0, 0.1) is 6.92 Å². The molecule has 2 aromatic rings. The second-order valence-electron chi connectivity index (χ2n) is 3.31. The largest absolute Gasteiger partial charge is 0.433 e. The van der Waals surface area contributed by atoms with E-state index in [0.29, 0.717) is 10.2 Å². The van der Waals surface area contributed by atoms with Crippen LogP contribution in [-0.4, -0.2) is 14.3 Å². The molecule has 0 saturated heterocycles. The first kappa shape index (κ1) is 13.1. The van der Waals surface area contributed by atoms with E-state index in [1.165, 1.54) is 0 Å². The molecule has 0 aromatic carbocycles. The fourth-order valence-electron chi connectivity index (χ4n) is 1.10. The predicted molar refractivity (Wildman–Crippen MR) is 62.4 cm³/mol. The van der Waals surface area contributed by atoms with Crippen LogP contribution in [0.2, 0.25) is 0 Å². The van der Waals surface area contributed by atoms with Crippen molar-refractivity contribution in [3.8, 4) is 0 Å². The van der Waals surface area contributed by atoms with Gasteiger partial charge in [0.2, 0.25) is 0 Å². The molecule has 96 valence electrons. The van der Waals surface area contributed by atoms with Gasteiger partial charge in [0, 0.05) is 4.90 Å². The smallest absolute Gasteiger partial charge is 0.397 e. The van der Waals surface area contributed by atoms with Crippen molar-refractivity contribution in [2.24, 2.45) is 0 Å². The van der Waals surface area contributed by atoms with E-state index >= 15 is 0 Å². The van der Waals surface area contributed by atoms with Crippen molar-refractivity contribution in [1.82, 2.24) is 14.3 Å². The second-order valence-corrected chi connectivity index (χ2v) is 5.36. The van der Waals surface area contributed by atoms with Crippen LogP contribution < -0.4 is 5.73 Å². The Kier molecular flexibility index (Phi) is 3.44. The summed E-state index contributed by atoms with van der Waals surface area (Å²) in [7, 11) is 0. The van der Waals surface area contributed by atoms with Crippen molar-refractivity contribution < 1.29 is 13.2 Å². The Bertz CT molecular complexity index is 567. The molecule has 0 radical (unpaired) electrons. The molecule has 18 heavy (non-hydrogen) atoms. The van der Waals surface area contributed by atoms with Gasteiger partial charge in [-0.05, 0) is 24.5 Å². The van der Waals surface area contributed by atoms with Crippen LogP contribution in [0.15, 0.2) is 21.5 Å². The summed E-state index contributed by atoms with van der Waals surface area (Å²) in [6.45, 7) is 1.71. The SMILES string of the molecule is Cc1nsc(Sc2cc(C(F)(F)F)ncc2N)n1. The van der Waals surface area contributed by atoms with Gasteiger partial charge in [0.25, 0.3) is 0 Å². The summed E-state index contributed by atoms with van der Waals surface area (Å²) in [6, 6.07) is 0.913. The molecule has 9 heteroatoms. The van der Waals surface area contributed by atoms with Gasteiger partial charge >= 0.3 is 6.18 Å². The van der Waals surface area contributed by atoms with Crippen molar-refractivity contribution in [1.29, 1.82) is 0 Å². The molecule has 0 saturated carbocycles. The zero-order valence-electron chi connectivity index (χ0n) is 9.02. The normalized spacial score (nSPS) is 11.8. The molecular formula is C9H7F3N4S2. The summed E-state index contributed by atoms with van der Waals surface area (Å²) < 4.78 is 42.0. The Labute approximate surface area is 109 Å². The van der Waals surface area contributed by atoms with Gasteiger partial charge in [0.05, 0.1) is 11.9 Å². The van der Waals surface area contributed by atoms with Crippen LogP contribution in [0.3, 0.4) is 0 Å². The molecule has 0 aliphatic heterocycles. The number of rotatable bonds is 2. The Hall–Kier alpha value is -1.35. The molecular weight excluding hydrogens is 285 g/mol. The highest BCUT2D eigenvalue weighted by atomic mass is 32.2. The molecule has 2 heterocycles. The first-order valence-corrected chi connectivity index (χ1v) is 6.26. The lowest BCUT2D eigenvalue weighted by molar-refractivity contribution is -0.141. The predicted octanol–water partition coefficient (Wildman–Crippen LogP) is 2.99. The highest BCUT2D eigenvalue weighted by Gasteiger charge is 2.33. The number of aryl methyl sites for hydroxylation is 1. The summed E-state index contributed by atoms with van der Waals surface area (Å²) in [5, 5.41) is 0. The van der Waals surface area contributed by atoms with Gasteiger partial charge in [-0.15, -0.1) is 0 Å². The summed E-state index contributed by atoms with van der Waals surface area (Å²) >= 11 is 2.16. The van der Waals surface area contributed by atoms with Crippen molar-refractivity contribution >= 4 is 29.0 Å². The number of pyridine rings is 1. The molecule has 0 aliphatic rings. The van der Waals surface area contributed by atoms with Crippen molar-refractivity contribution in [3.63, 3.8) is 0 Å². The van der Waals surface area contributed by atoms with Gasteiger partial charge < -0.3 is 5.73 Å². The monoisotopic (exact) mass is 292 g/mol. The number of aromatic nitrogens is 3. The molecule has 0 amide bonds. The molecule has 2 aromatic heterocycles. The van der Waals surface area contributed by atoms with E-state index < -0.39 is 11.9 Å². The molecule has 2 rings (SSSR count). The third-order valence-corrected chi connectivity index (χ3v) is 3.81. The van der Waals surface area contributed by atoms with Crippen molar-refractivity contribution in [2.75, 3.05) is 5.73 Å². The molecule has 0 atom stereocenters. The minimum absolute atomic E-state index is 0.181. The van der Waals surface area contributed by atoms with E-state index in [0.717, 1.165) is 35.6 Å². The third kappa shape index (κ3) is 2.91. The van der Waals surface area contributed by atoms with Crippen molar-refractivity contribution in [2.45, 2.75) is 22.3 Å². The maximum absolute atomic E-state index is 12.5. The summed E-state index contributed by atoms with van der Waals surface area (Å²) in [4.78, 5) is 7.58. The average Bonchev–Trinajstić information content (AvgIpc) is 2.66. The first-order valence-electron chi connectivity index (χ1n) is 4.67. The van der Waals surface area contributed by atoms with Gasteiger partial charge in [-0.2, -0.15) is 17.5 Å². The maximum Gasteiger partial charge on any atom is 0.433 e. The Morgan fingerprint density at radius 2 is 2.11 bits per heavy atom. The highest BCUT2D eigenvalue weighted by molar-refractivity contribution is 8.01. The molecule has 4 nitrogen and oxygen atoms in total. The standard InChI is InChI=1S/C9H7F3N4S2/c1-4-15-8(18-16-4)17-6-2-7(9(10,11)12)14-3-5(6)13/h2-3H,13H2,1H3. The number of nitrogens with two attached hydrogens (primary N) is 1. The van der Waals surface area contributed by atoms with Crippen LogP contribution in [0.4, 0.5) is 18.9 Å². The molecule has 0 unspecified atom stereocenters. The maximum atomic E-state index is 12.5. The van der Waals surface area contributed by atoms with E-state index in [1.807, 2.05) is 0 Å². The zero-order valence-corrected chi connectivity index (χ0v) is 10.7. The Morgan fingerprint density at radius 1 is 1.39 bits per heavy atom. The quantitative estimate of drug-likeness (QED) is 0.921. The van der Waals surface area contributed by atoms with E-state index in [2.05, 4.69) is 14.3 Å². The summed E-state index contributed by atoms with van der Waals surface area (Å²) in [6.07, 6.45) is -3.49. The Balaban J connectivity index is 2.32. The van der Waals surface area contributed by atoms with E-state index in [4.69, 9.17) is 5.73 Å². The van der Waals surface area contributed by atoms with Crippen LogP contribution >= 0.6 is 23.3 Å². The number of alkyl halides is 3. The van der Waals surface area contributed by atoms with Gasteiger partial charge in [0.15, 0.2) is 4.34 Å². The lowest BCUT2D eigenvalue weighted by atomic mass is 10.3. The number of anilines is 1. The number of hydrogen-bond donors (Lipinski definition) is 1. The molecule has 0 fully saturated rings. The average molecular weight is 292 g/mol. The van der Waals surface area contributed by atoms with E-state index in [-0.39, 0.29) is 10.6 Å². The lowest BCUT2D eigenvalue weighted by Gasteiger charge is -2.08. The molecule has 2 N–H and O–H groups in total. The minimum Gasteiger partial charge on any atom is -0.397 e. The van der Waals surface area contributed by atoms with E-state index in [1.54, 1.807) is 6.92 Å². The van der Waals surface area contributed by atoms with Crippen LogP contribution in [0.25, 0.3) is 0 Å². The molecule has 0 spiro atoms. The first-order chi connectivity index (χ1) is 8.36. The zero-order chi connectivity index (χ0) is 13.3. The number of halogens is 3. The summed E-state index contributed by atoms with van der Waals surface area (Å²) in [5.41, 5.74) is 4.80. The fourth-order valence-corrected chi connectivity index (χ4v) is 2.77. The second kappa shape index (κ2) is 4.73. The number of nitrogens with zero attached hydrogens (tertiary/aromatic N) is 3. The van der Waals surface area contributed by atoms with Gasteiger partial charge in [-0.1, -0.05) is 11.8 Å². The molecule has 0 bridgehead atoms. The van der Waals surface area contributed by atoms with Gasteiger partial charge in [-0.3, -0.25) is 0 Å².